The van der Waals surface area contributed by atoms with Crippen molar-refractivity contribution in [1.29, 1.82) is 0 Å². The number of benzene rings is 1. The second-order valence-corrected chi connectivity index (χ2v) is 6.48. The van der Waals surface area contributed by atoms with Crippen molar-refractivity contribution in [2.24, 2.45) is 5.92 Å². The van der Waals surface area contributed by atoms with Gasteiger partial charge in [-0.3, -0.25) is 0 Å². The Morgan fingerprint density at radius 3 is 2.57 bits per heavy atom. The van der Waals surface area contributed by atoms with Crippen molar-refractivity contribution in [2.45, 2.75) is 38.3 Å². The summed E-state index contributed by atoms with van der Waals surface area (Å²) in [6.45, 7) is 5.17. The van der Waals surface area contributed by atoms with Gasteiger partial charge >= 0.3 is 0 Å². The topological polar surface area (TPSA) is 35.5 Å². The summed E-state index contributed by atoms with van der Waals surface area (Å²) >= 11 is 6.29. The molecular formula is C17H27ClN2O. The van der Waals surface area contributed by atoms with Crippen LogP contribution in [0.3, 0.4) is 0 Å². The summed E-state index contributed by atoms with van der Waals surface area (Å²) in [4.78, 5) is 2.50. The first-order chi connectivity index (χ1) is 10.1. The Morgan fingerprint density at radius 1 is 1.33 bits per heavy atom. The highest BCUT2D eigenvalue weighted by Crippen LogP contribution is 2.26. The second kappa shape index (κ2) is 8.14. The molecule has 4 heteroatoms. The van der Waals surface area contributed by atoms with Gasteiger partial charge in [0.2, 0.25) is 0 Å². The molecule has 0 saturated carbocycles. The minimum atomic E-state index is -0.166. The number of hydrogen-bond acceptors (Lipinski definition) is 3. The van der Waals surface area contributed by atoms with Crippen LogP contribution in [0.1, 0.15) is 37.8 Å². The zero-order chi connectivity index (χ0) is 15.2. The second-order valence-electron chi connectivity index (χ2n) is 6.07. The van der Waals surface area contributed by atoms with E-state index in [1.807, 2.05) is 32.2 Å². The molecule has 1 aromatic carbocycles. The Labute approximate surface area is 133 Å². The molecule has 118 valence electrons. The molecule has 2 rings (SSSR count). The van der Waals surface area contributed by atoms with Crippen LogP contribution < -0.4 is 5.32 Å². The lowest BCUT2D eigenvalue weighted by atomic mass is 9.92. The molecule has 0 aliphatic carbocycles. The van der Waals surface area contributed by atoms with Gasteiger partial charge in [-0.25, -0.2) is 0 Å². The van der Waals surface area contributed by atoms with Crippen molar-refractivity contribution in [3.8, 4) is 0 Å². The third-order valence-corrected chi connectivity index (χ3v) is 5.02. The first-order valence-electron chi connectivity index (χ1n) is 7.94. The highest BCUT2D eigenvalue weighted by molar-refractivity contribution is 6.31. The molecule has 2 atom stereocenters. The molecule has 1 aromatic rings. The van der Waals surface area contributed by atoms with Crippen molar-refractivity contribution in [3.05, 3.63) is 34.9 Å². The molecule has 3 nitrogen and oxygen atoms in total. The largest absolute Gasteiger partial charge is 0.393 e. The Kier molecular flexibility index (Phi) is 6.49. The first kappa shape index (κ1) is 16.8. The molecule has 1 fully saturated rings. The molecule has 1 aliphatic heterocycles. The molecule has 0 radical (unpaired) electrons. The van der Waals surface area contributed by atoms with Crippen LogP contribution in [0.5, 0.6) is 0 Å². The fourth-order valence-electron chi connectivity index (χ4n) is 3.18. The van der Waals surface area contributed by atoms with Crippen LogP contribution in [0.4, 0.5) is 0 Å². The number of aliphatic hydroxyl groups is 1. The summed E-state index contributed by atoms with van der Waals surface area (Å²) in [7, 11) is 1.99. The number of likely N-dealkylation sites (tertiary alicyclic amines) is 1. The van der Waals surface area contributed by atoms with Crippen molar-refractivity contribution >= 4 is 11.6 Å². The van der Waals surface area contributed by atoms with E-state index in [2.05, 4.69) is 16.3 Å². The molecule has 1 aliphatic rings. The molecule has 0 aromatic heterocycles. The van der Waals surface area contributed by atoms with E-state index in [1.54, 1.807) is 0 Å². The zero-order valence-electron chi connectivity index (χ0n) is 13.1. The fourth-order valence-corrected chi connectivity index (χ4v) is 3.45. The normalized spacial score (nSPS) is 20.4. The van der Waals surface area contributed by atoms with Gasteiger partial charge < -0.3 is 15.3 Å². The number of nitrogens with zero attached hydrogens (tertiary/aromatic N) is 1. The summed E-state index contributed by atoms with van der Waals surface area (Å²) in [6, 6.07) is 8.37. The SMILES string of the molecule is CNC(CCN1CCC(C(C)O)CC1)c1ccccc1Cl. The summed E-state index contributed by atoms with van der Waals surface area (Å²) in [6.07, 6.45) is 3.10. The number of hydrogen-bond donors (Lipinski definition) is 2. The van der Waals surface area contributed by atoms with E-state index >= 15 is 0 Å². The van der Waals surface area contributed by atoms with Gasteiger partial charge in [0.1, 0.15) is 0 Å². The predicted octanol–water partition coefficient (Wildman–Crippen LogP) is 3.08. The maximum atomic E-state index is 9.66. The quantitative estimate of drug-likeness (QED) is 0.847. The summed E-state index contributed by atoms with van der Waals surface area (Å²) in [5.74, 6) is 0.477. The van der Waals surface area contributed by atoms with Gasteiger partial charge in [0.15, 0.2) is 0 Å². The average molecular weight is 311 g/mol. The van der Waals surface area contributed by atoms with Crippen LogP contribution >= 0.6 is 11.6 Å². The third kappa shape index (κ3) is 4.68. The van der Waals surface area contributed by atoms with E-state index in [1.165, 1.54) is 5.56 Å². The number of aliphatic hydroxyl groups excluding tert-OH is 1. The van der Waals surface area contributed by atoms with Gasteiger partial charge in [-0.2, -0.15) is 0 Å². The van der Waals surface area contributed by atoms with Crippen molar-refractivity contribution < 1.29 is 5.11 Å². The lowest BCUT2D eigenvalue weighted by molar-refractivity contribution is 0.0706. The van der Waals surface area contributed by atoms with Gasteiger partial charge in [-0.05, 0) is 70.4 Å². The van der Waals surface area contributed by atoms with Gasteiger partial charge in [-0.1, -0.05) is 29.8 Å². The lowest BCUT2D eigenvalue weighted by Crippen LogP contribution is -2.38. The Hall–Kier alpha value is -0.610. The molecule has 2 unspecified atom stereocenters. The molecule has 1 saturated heterocycles. The molecule has 2 N–H and O–H groups in total. The Balaban J connectivity index is 1.83. The van der Waals surface area contributed by atoms with Gasteiger partial charge in [0, 0.05) is 11.1 Å². The summed E-state index contributed by atoms with van der Waals surface area (Å²) in [5, 5.41) is 13.9. The summed E-state index contributed by atoms with van der Waals surface area (Å²) in [5.41, 5.74) is 1.18. The van der Waals surface area contributed by atoms with Crippen LogP contribution in [-0.2, 0) is 0 Å². The predicted molar refractivity (Wildman–Crippen MR) is 88.7 cm³/mol. The maximum absolute atomic E-state index is 9.66. The van der Waals surface area contributed by atoms with E-state index in [4.69, 9.17) is 11.6 Å². The first-order valence-corrected chi connectivity index (χ1v) is 8.31. The lowest BCUT2D eigenvalue weighted by Gasteiger charge is -2.34. The Morgan fingerprint density at radius 2 is 2.00 bits per heavy atom. The maximum Gasteiger partial charge on any atom is 0.0541 e. The van der Waals surface area contributed by atoms with E-state index in [-0.39, 0.29) is 6.10 Å². The Bertz CT molecular complexity index is 431. The van der Waals surface area contributed by atoms with Crippen molar-refractivity contribution in [3.63, 3.8) is 0 Å². The molecular weight excluding hydrogens is 284 g/mol. The van der Waals surface area contributed by atoms with E-state index in [0.717, 1.165) is 43.9 Å². The van der Waals surface area contributed by atoms with Gasteiger partial charge in [0.05, 0.1) is 6.10 Å². The van der Waals surface area contributed by atoms with E-state index in [0.29, 0.717) is 12.0 Å². The van der Waals surface area contributed by atoms with Gasteiger partial charge in [0.25, 0.3) is 0 Å². The minimum absolute atomic E-state index is 0.166. The minimum Gasteiger partial charge on any atom is -0.393 e. The number of nitrogens with one attached hydrogen (secondary N) is 1. The van der Waals surface area contributed by atoms with Gasteiger partial charge in [-0.15, -0.1) is 0 Å². The zero-order valence-corrected chi connectivity index (χ0v) is 13.8. The highest BCUT2D eigenvalue weighted by Gasteiger charge is 2.23. The number of rotatable bonds is 6. The fraction of sp³-hybridized carbons (Fsp3) is 0.647. The monoisotopic (exact) mass is 310 g/mol. The highest BCUT2D eigenvalue weighted by atomic mass is 35.5. The molecule has 21 heavy (non-hydrogen) atoms. The molecule has 0 spiro atoms. The standard InChI is InChI=1S/C17H27ClN2O/c1-13(21)14-7-10-20(11-8-14)12-9-17(19-2)15-5-3-4-6-16(15)18/h3-6,13-14,17,19,21H,7-12H2,1-2H3. The van der Waals surface area contributed by atoms with Crippen LogP contribution in [0.15, 0.2) is 24.3 Å². The van der Waals surface area contributed by atoms with E-state index < -0.39 is 0 Å². The smallest absolute Gasteiger partial charge is 0.0541 e. The summed E-state index contributed by atoms with van der Waals surface area (Å²) < 4.78 is 0. The molecule has 1 heterocycles. The van der Waals surface area contributed by atoms with Crippen molar-refractivity contribution in [2.75, 3.05) is 26.7 Å². The van der Waals surface area contributed by atoms with Crippen LogP contribution in [0.2, 0.25) is 5.02 Å². The van der Waals surface area contributed by atoms with Crippen molar-refractivity contribution in [1.82, 2.24) is 10.2 Å². The molecule has 0 bridgehead atoms. The van der Waals surface area contributed by atoms with Crippen LogP contribution in [0, 0.1) is 5.92 Å². The van der Waals surface area contributed by atoms with Crippen LogP contribution in [-0.4, -0.2) is 42.8 Å². The average Bonchev–Trinajstić information content (AvgIpc) is 2.50. The number of piperidine rings is 1. The van der Waals surface area contributed by atoms with E-state index in [9.17, 15) is 5.11 Å². The molecule has 0 amide bonds. The number of halogens is 1. The van der Waals surface area contributed by atoms with Crippen LogP contribution in [0.25, 0.3) is 0 Å². The third-order valence-electron chi connectivity index (χ3n) is 4.68.